The van der Waals surface area contributed by atoms with Gasteiger partial charge in [-0.2, -0.15) is 21.6 Å². The lowest BCUT2D eigenvalue weighted by Crippen LogP contribution is -2.44. The van der Waals surface area contributed by atoms with Gasteiger partial charge in [-0.1, -0.05) is 42.5 Å². The molecule has 0 aliphatic carbocycles. The molecule has 1 aliphatic rings. The highest BCUT2D eigenvalue weighted by Crippen LogP contribution is 2.32. The fraction of sp³-hybridized carbons (Fsp3) is 0.400. The predicted molar refractivity (Wildman–Crippen MR) is 102 cm³/mol. The van der Waals surface area contributed by atoms with Crippen LogP contribution in [-0.2, 0) is 27.8 Å². The lowest BCUT2D eigenvalue weighted by Gasteiger charge is -2.33. The number of rotatable bonds is 6. The summed E-state index contributed by atoms with van der Waals surface area (Å²) in [6.45, 7) is 5.20. The molecule has 0 aromatic heterocycles. The van der Waals surface area contributed by atoms with E-state index in [2.05, 4.69) is 9.08 Å². The molecule has 5 nitrogen and oxygen atoms in total. The zero-order chi connectivity index (χ0) is 21.3. The van der Waals surface area contributed by atoms with Crippen LogP contribution in [0.5, 0.6) is 5.75 Å². The molecule has 0 bridgehead atoms. The van der Waals surface area contributed by atoms with Crippen LogP contribution in [-0.4, -0.2) is 37.2 Å². The summed E-state index contributed by atoms with van der Waals surface area (Å²) in [5.41, 5.74) is -3.93. The second-order valence-electron chi connectivity index (χ2n) is 7.36. The fourth-order valence-electron chi connectivity index (χ4n) is 3.31. The van der Waals surface area contributed by atoms with Crippen LogP contribution in [0.2, 0.25) is 0 Å². The first kappa shape index (κ1) is 21.6. The van der Waals surface area contributed by atoms with Gasteiger partial charge in [-0.15, -0.1) is 0 Å². The van der Waals surface area contributed by atoms with Crippen molar-refractivity contribution in [3.63, 3.8) is 0 Å². The molecule has 0 spiro atoms. The van der Waals surface area contributed by atoms with Crippen LogP contribution in [0.4, 0.5) is 13.2 Å². The molecule has 0 radical (unpaired) electrons. The van der Waals surface area contributed by atoms with Crippen molar-refractivity contribution in [3.05, 3.63) is 65.7 Å². The number of ether oxygens (including phenoxy) is 1. The minimum Gasteiger partial charge on any atom is -0.376 e. The summed E-state index contributed by atoms with van der Waals surface area (Å²) in [7, 11) is -5.67. The van der Waals surface area contributed by atoms with Crippen molar-refractivity contribution in [3.8, 4) is 5.75 Å². The van der Waals surface area contributed by atoms with E-state index in [-0.39, 0.29) is 11.8 Å². The Morgan fingerprint density at radius 1 is 1.07 bits per heavy atom. The lowest BCUT2D eigenvalue weighted by atomic mass is 10.0. The highest BCUT2D eigenvalue weighted by atomic mass is 32.2. The molecule has 158 valence electrons. The number of hydrogen-bond donors (Lipinski definition) is 0. The van der Waals surface area contributed by atoms with Gasteiger partial charge in [-0.3, -0.25) is 4.90 Å². The van der Waals surface area contributed by atoms with Gasteiger partial charge in [0.25, 0.3) is 0 Å². The lowest BCUT2D eigenvalue weighted by molar-refractivity contribution is -0.0575. The van der Waals surface area contributed by atoms with E-state index in [1.807, 2.05) is 44.2 Å². The average Bonchev–Trinajstić information content (AvgIpc) is 2.91. The van der Waals surface area contributed by atoms with Gasteiger partial charge in [0, 0.05) is 12.6 Å². The van der Waals surface area contributed by atoms with Crippen molar-refractivity contribution in [1.82, 2.24) is 4.90 Å². The first-order valence-electron chi connectivity index (χ1n) is 9.02. The maximum atomic E-state index is 12.4. The first-order chi connectivity index (χ1) is 13.5. The Bertz CT molecular complexity index is 928. The standard InChI is InChI=1S/C20H22F3NO4S/c1-19(2)24(13-16-6-4-3-5-7-16)17(14-27-19)12-15-8-10-18(11-9-15)28-29(25,26)20(21,22)23/h3-11,17H,12-14H2,1-2H3/t17-/m0/s1. The van der Waals surface area contributed by atoms with E-state index in [9.17, 15) is 21.6 Å². The van der Waals surface area contributed by atoms with E-state index in [1.54, 1.807) is 12.1 Å². The molecular formula is C20H22F3NO4S. The van der Waals surface area contributed by atoms with Crippen molar-refractivity contribution in [2.75, 3.05) is 6.61 Å². The molecule has 1 heterocycles. The molecule has 9 heteroatoms. The largest absolute Gasteiger partial charge is 0.534 e. The Labute approximate surface area is 168 Å². The number of alkyl halides is 3. The minimum atomic E-state index is -5.67. The fourth-order valence-corrected chi connectivity index (χ4v) is 3.77. The molecule has 1 aliphatic heterocycles. The average molecular weight is 429 g/mol. The number of nitrogens with zero attached hydrogens (tertiary/aromatic N) is 1. The molecule has 0 amide bonds. The SMILES string of the molecule is CC1(C)OC[C@H](Cc2ccc(OS(=O)(=O)C(F)(F)F)cc2)N1Cc1ccccc1. The van der Waals surface area contributed by atoms with Crippen LogP contribution in [0.15, 0.2) is 54.6 Å². The monoisotopic (exact) mass is 429 g/mol. The van der Waals surface area contributed by atoms with Gasteiger partial charge in [-0.05, 0) is 43.5 Å². The van der Waals surface area contributed by atoms with E-state index < -0.39 is 21.4 Å². The highest BCUT2D eigenvalue weighted by molar-refractivity contribution is 7.88. The number of hydrogen-bond acceptors (Lipinski definition) is 5. The van der Waals surface area contributed by atoms with Crippen molar-refractivity contribution >= 4 is 10.1 Å². The summed E-state index contributed by atoms with van der Waals surface area (Å²) < 4.78 is 69.6. The summed E-state index contributed by atoms with van der Waals surface area (Å²) in [6.07, 6.45) is 0.600. The van der Waals surface area contributed by atoms with Crippen molar-refractivity contribution in [1.29, 1.82) is 0 Å². The van der Waals surface area contributed by atoms with E-state index in [4.69, 9.17) is 4.74 Å². The van der Waals surface area contributed by atoms with Crippen LogP contribution < -0.4 is 4.18 Å². The zero-order valence-electron chi connectivity index (χ0n) is 16.0. The van der Waals surface area contributed by atoms with Gasteiger partial charge in [0.05, 0.1) is 6.61 Å². The minimum absolute atomic E-state index is 0.0656. The first-order valence-corrected chi connectivity index (χ1v) is 10.4. The topological polar surface area (TPSA) is 55.8 Å². The normalized spacial score (nSPS) is 20.0. The summed E-state index contributed by atoms with van der Waals surface area (Å²) in [6, 6.07) is 15.6. The quantitative estimate of drug-likeness (QED) is 0.511. The second-order valence-corrected chi connectivity index (χ2v) is 8.89. The van der Waals surface area contributed by atoms with Crippen LogP contribution in [0, 0.1) is 0 Å². The molecule has 3 rings (SSSR count). The predicted octanol–water partition coefficient (Wildman–Crippen LogP) is 4.09. The maximum absolute atomic E-state index is 12.4. The Morgan fingerprint density at radius 2 is 1.69 bits per heavy atom. The van der Waals surface area contributed by atoms with Gasteiger partial charge >= 0.3 is 15.6 Å². The summed E-state index contributed by atoms with van der Waals surface area (Å²) in [5.74, 6) is -0.379. The van der Waals surface area contributed by atoms with Gasteiger partial charge in [-0.25, -0.2) is 0 Å². The molecule has 0 unspecified atom stereocenters. The number of halogens is 3. The summed E-state index contributed by atoms with van der Waals surface area (Å²) >= 11 is 0. The third-order valence-electron chi connectivity index (χ3n) is 4.84. The van der Waals surface area contributed by atoms with E-state index in [0.717, 1.165) is 11.1 Å². The maximum Gasteiger partial charge on any atom is 0.534 e. The molecule has 0 N–H and O–H groups in total. The van der Waals surface area contributed by atoms with Crippen molar-refractivity contribution in [2.45, 2.75) is 44.1 Å². The summed E-state index contributed by atoms with van der Waals surface area (Å²) in [4.78, 5) is 2.24. The van der Waals surface area contributed by atoms with Crippen molar-refractivity contribution in [2.24, 2.45) is 0 Å². The summed E-state index contributed by atoms with van der Waals surface area (Å²) in [5, 5.41) is 0. The van der Waals surface area contributed by atoms with Gasteiger partial charge < -0.3 is 8.92 Å². The molecule has 2 aromatic carbocycles. The molecule has 2 aromatic rings. The smallest absolute Gasteiger partial charge is 0.376 e. The van der Waals surface area contributed by atoms with Crippen molar-refractivity contribution < 1.29 is 30.5 Å². The van der Waals surface area contributed by atoms with Crippen LogP contribution >= 0.6 is 0 Å². The van der Waals surface area contributed by atoms with E-state index >= 15 is 0 Å². The Balaban J connectivity index is 1.70. The Kier molecular flexibility index (Phi) is 5.93. The van der Waals surface area contributed by atoms with Crippen LogP contribution in [0.1, 0.15) is 25.0 Å². The molecule has 29 heavy (non-hydrogen) atoms. The van der Waals surface area contributed by atoms with Gasteiger partial charge in [0.1, 0.15) is 11.5 Å². The molecule has 1 saturated heterocycles. The van der Waals surface area contributed by atoms with Gasteiger partial charge in [0.2, 0.25) is 0 Å². The van der Waals surface area contributed by atoms with Crippen LogP contribution in [0.3, 0.4) is 0 Å². The Hall–Kier alpha value is -2.10. The van der Waals surface area contributed by atoms with Crippen LogP contribution in [0.25, 0.3) is 0 Å². The molecule has 1 fully saturated rings. The molecule has 0 saturated carbocycles. The third-order valence-corrected chi connectivity index (χ3v) is 5.82. The van der Waals surface area contributed by atoms with E-state index in [1.165, 1.54) is 12.1 Å². The van der Waals surface area contributed by atoms with E-state index in [0.29, 0.717) is 19.6 Å². The zero-order valence-corrected chi connectivity index (χ0v) is 16.8. The number of benzene rings is 2. The molecule has 1 atom stereocenters. The van der Waals surface area contributed by atoms with Gasteiger partial charge in [0.15, 0.2) is 0 Å². The molecular weight excluding hydrogens is 407 g/mol. The third kappa shape index (κ3) is 5.09. The second kappa shape index (κ2) is 7.97. The highest BCUT2D eigenvalue weighted by Gasteiger charge is 2.48. The Morgan fingerprint density at radius 3 is 2.28 bits per heavy atom.